The van der Waals surface area contributed by atoms with E-state index in [1.54, 1.807) is 30.5 Å². The normalized spacial score (nSPS) is 10.5. The topological polar surface area (TPSA) is 58.1 Å². The zero-order valence-corrected chi connectivity index (χ0v) is 14.0. The lowest BCUT2D eigenvalue weighted by molar-refractivity contribution is 0.103. The third kappa shape index (κ3) is 3.57. The van der Waals surface area contributed by atoms with Gasteiger partial charge in [0.25, 0.3) is 5.91 Å². The molecule has 0 saturated heterocycles. The summed E-state index contributed by atoms with van der Waals surface area (Å²) < 4.78 is 13.2. The first-order chi connectivity index (χ1) is 11.5. The lowest BCUT2D eigenvalue weighted by Gasteiger charge is -2.09. The van der Waals surface area contributed by atoms with Gasteiger partial charge in [0, 0.05) is 26.0 Å². The van der Waals surface area contributed by atoms with Gasteiger partial charge in [-0.15, -0.1) is 11.3 Å². The first-order valence-electron chi connectivity index (χ1n) is 7.20. The van der Waals surface area contributed by atoms with Crippen LogP contribution in [0.5, 0.6) is 0 Å². The Balaban J connectivity index is 1.80. The van der Waals surface area contributed by atoms with E-state index in [1.165, 1.54) is 23.5 Å². The predicted octanol–water partition coefficient (Wildman–Crippen LogP) is 3.66. The van der Waals surface area contributed by atoms with Crippen molar-refractivity contribution in [3.63, 3.8) is 0 Å². The third-order valence-corrected chi connectivity index (χ3v) is 4.31. The highest BCUT2D eigenvalue weighted by molar-refractivity contribution is 7.17. The van der Waals surface area contributed by atoms with Gasteiger partial charge < -0.3 is 10.2 Å². The molecule has 2 heterocycles. The van der Waals surface area contributed by atoms with Gasteiger partial charge in [0.2, 0.25) is 5.95 Å². The molecule has 0 unspecified atom stereocenters. The zero-order valence-electron chi connectivity index (χ0n) is 13.2. The summed E-state index contributed by atoms with van der Waals surface area (Å²) in [5.74, 6) is -0.0673. The highest BCUT2D eigenvalue weighted by Gasteiger charge is 2.12. The van der Waals surface area contributed by atoms with Crippen molar-refractivity contribution in [3.05, 3.63) is 59.4 Å². The molecule has 3 aromatic rings. The summed E-state index contributed by atoms with van der Waals surface area (Å²) in [6.45, 7) is 0. The molecule has 0 aliphatic heterocycles. The molecule has 0 aliphatic rings. The van der Waals surface area contributed by atoms with E-state index in [2.05, 4.69) is 15.3 Å². The number of carbonyl (C=O) groups excluding carboxylic acids is 1. The highest BCUT2D eigenvalue weighted by Crippen LogP contribution is 2.28. The van der Waals surface area contributed by atoms with Crippen molar-refractivity contribution in [2.24, 2.45) is 0 Å². The fourth-order valence-corrected chi connectivity index (χ4v) is 2.93. The van der Waals surface area contributed by atoms with Crippen LogP contribution in [-0.4, -0.2) is 30.0 Å². The van der Waals surface area contributed by atoms with Gasteiger partial charge in [0.05, 0.1) is 15.4 Å². The van der Waals surface area contributed by atoms with E-state index in [0.717, 1.165) is 10.6 Å². The van der Waals surface area contributed by atoms with E-state index >= 15 is 0 Å². The van der Waals surface area contributed by atoms with E-state index in [9.17, 15) is 9.18 Å². The highest BCUT2D eigenvalue weighted by atomic mass is 32.1. The summed E-state index contributed by atoms with van der Waals surface area (Å²) in [7, 11) is 3.73. The number of anilines is 2. The largest absolute Gasteiger partial charge is 0.347 e. The van der Waals surface area contributed by atoms with Gasteiger partial charge in [-0.3, -0.25) is 4.79 Å². The minimum atomic E-state index is -0.392. The minimum absolute atomic E-state index is 0.279. The smallest absolute Gasteiger partial charge is 0.265 e. The van der Waals surface area contributed by atoms with Gasteiger partial charge in [-0.2, -0.15) is 0 Å². The van der Waals surface area contributed by atoms with Crippen LogP contribution < -0.4 is 10.2 Å². The van der Waals surface area contributed by atoms with Crippen molar-refractivity contribution in [1.29, 1.82) is 0 Å². The van der Waals surface area contributed by atoms with Crippen LogP contribution in [0.4, 0.5) is 16.0 Å². The molecule has 0 fully saturated rings. The Hall–Kier alpha value is -2.80. The lowest BCUT2D eigenvalue weighted by Crippen LogP contribution is -2.12. The molecule has 0 atom stereocenters. The Labute approximate surface area is 142 Å². The van der Waals surface area contributed by atoms with Crippen LogP contribution >= 0.6 is 11.3 Å². The molecule has 1 amide bonds. The maximum Gasteiger partial charge on any atom is 0.265 e. The first-order valence-corrected chi connectivity index (χ1v) is 8.02. The SMILES string of the molecule is CN(C)c1nccc(-c2ccc(C(=O)Nc3cccc(F)c3)s2)n1. The average molecular weight is 342 g/mol. The van der Waals surface area contributed by atoms with E-state index < -0.39 is 5.82 Å². The average Bonchev–Trinajstić information content (AvgIpc) is 3.05. The third-order valence-electron chi connectivity index (χ3n) is 3.21. The summed E-state index contributed by atoms with van der Waals surface area (Å²) in [5.41, 5.74) is 1.18. The van der Waals surface area contributed by atoms with E-state index in [1.807, 2.05) is 25.1 Å². The van der Waals surface area contributed by atoms with Gasteiger partial charge in [-0.1, -0.05) is 6.07 Å². The van der Waals surface area contributed by atoms with Crippen molar-refractivity contribution in [2.45, 2.75) is 0 Å². The molecule has 1 N–H and O–H groups in total. The molecule has 24 heavy (non-hydrogen) atoms. The van der Waals surface area contributed by atoms with Gasteiger partial charge in [-0.25, -0.2) is 14.4 Å². The molecule has 0 bridgehead atoms. The fourth-order valence-electron chi connectivity index (χ4n) is 2.06. The molecule has 0 radical (unpaired) electrons. The van der Waals surface area contributed by atoms with Crippen molar-refractivity contribution in [2.75, 3.05) is 24.3 Å². The number of nitrogens with one attached hydrogen (secondary N) is 1. The number of carbonyl (C=O) groups is 1. The fraction of sp³-hybridized carbons (Fsp3) is 0.118. The van der Waals surface area contributed by atoms with Crippen molar-refractivity contribution < 1.29 is 9.18 Å². The number of nitrogens with zero attached hydrogens (tertiary/aromatic N) is 3. The monoisotopic (exact) mass is 342 g/mol. The number of amides is 1. The number of thiophene rings is 1. The molecule has 122 valence electrons. The second-order valence-corrected chi connectivity index (χ2v) is 6.35. The molecular weight excluding hydrogens is 327 g/mol. The molecule has 0 aliphatic carbocycles. The molecule has 5 nitrogen and oxygen atoms in total. The molecule has 1 aromatic carbocycles. The standard InChI is InChI=1S/C17H15FN4OS/c1-22(2)17-19-9-8-13(21-17)14-6-7-15(24-14)16(23)20-12-5-3-4-11(18)10-12/h3-10H,1-2H3,(H,20,23). The Morgan fingerprint density at radius 2 is 2.04 bits per heavy atom. The van der Waals surface area contributed by atoms with Gasteiger partial charge >= 0.3 is 0 Å². The number of benzene rings is 1. The van der Waals surface area contributed by atoms with Crippen LogP contribution in [0.25, 0.3) is 10.6 Å². The minimum Gasteiger partial charge on any atom is -0.347 e. The van der Waals surface area contributed by atoms with Gasteiger partial charge in [0.15, 0.2) is 0 Å². The van der Waals surface area contributed by atoms with Gasteiger partial charge in [-0.05, 0) is 36.4 Å². The second-order valence-electron chi connectivity index (χ2n) is 5.26. The molecule has 7 heteroatoms. The number of hydrogen-bond donors (Lipinski definition) is 1. The van der Waals surface area contributed by atoms with Crippen LogP contribution in [0.3, 0.4) is 0 Å². The van der Waals surface area contributed by atoms with E-state index in [4.69, 9.17) is 0 Å². The lowest BCUT2D eigenvalue weighted by atomic mass is 10.3. The predicted molar refractivity (Wildman–Crippen MR) is 94.0 cm³/mol. The van der Waals surface area contributed by atoms with Crippen LogP contribution in [-0.2, 0) is 0 Å². The first kappa shape index (κ1) is 16.1. The van der Waals surface area contributed by atoms with Crippen molar-refractivity contribution in [3.8, 4) is 10.6 Å². The van der Waals surface area contributed by atoms with Crippen LogP contribution in [0.1, 0.15) is 9.67 Å². The van der Waals surface area contributed by atoms with E-state index in [0.29, 0.717) is 16.5 Å². The second kappa shape index (κ2) is 6.76. The number of aromatic nitrogens is 2. The number of hydrogen-bond acceptors (Lipinski definition) is 5. The molecular formula is C17H15FN4OS. The molecule has 2 aromatic heterocycles. The zero-order chi connectivity index (χ0) is 17.1. The van der Waals surface area contributed by atoms with Crippen LogP contribution in [0, 0.1) is 5.82 Å². The molecule has 0 spiro atoms. The maximum atomic E-state index is 13.2. The van der Waals surface area contributed by atoms with Gasteiger partial charge in [0.1, 0.15) is 5.82 Å². The Bertz CT molecular complexity index is 878. The number of halogens is 1. The van der Waals surface area contributed by atoms with Crippen molar-refractivity contribution in [1.82, 2.24) is 9.97 Å². The molecule has 0 saturated carbocycles. The quantitative estimate of drug-likeness (QED) is 0.786. The Morgan fingerprint density at radius 1 is 1.21 bits per heavy atom. The summed E-state index contributed by atoms with van der Waals surface area (Å²) in [6.07, 6.45) is 1.68. The summed E-state index contributed by atoms with van der Waals surface area (Å²) in [4.78, 5) is 24.1. The number of rotatable bonds is 4. The maximum absolute atomic E-state index is 13.2. The van der Waals surface area contributed by atoms with Crippen LogP contribution in [0.15, 0.2) is 48.7 Å². The van der Waals surface area contributed by atoms with Crippen molar-refractivity contribution >= 4 is 28.9 Å². The van der Waals surface area contributed by atoms with Crippen LogP contribution in [0.2, 0.25) is 0 Å². The summed E-state index contributed by atoms with van der Waals surface area (Å²) in [5, 5.41) is 2.68. The molecule has 3 rings (SSSR count). The Morgan fingerprint density at radius 3 is 2.79 bits per heavy atom. The summed E-state index contributed by atoms with van der Waals surface area (Å²) in [6, 6.07) is 11.2. The summed E-state index contributed by atoms with van der Waals surface area (Å²) >= 11 is 1.32. The van der Waals surface area contributed by atoms with E-state index in [-0.39, 0.29) is 5.91 Å². The Kier molecular flexibility index (Phi) is 4.52.